The number of carboxylic acids is 1. The summed E-state index contributed by atoms with van der Waals surface area (Å²) >= 11 is 3.39. The van der Waals surface area contributed by atoms with Crippen molar-refractivity contribution in [1.29, 1.82) is 0 Å². The molecule has 0 radical (unpaired) electrons. The van der Waals surface area contributed by atoms with Crippen LogP contribution in [0, 0.1) is 0 Å². The average Bonchev–Trinajstić information content (AvgIpc) is 3.08. The number of hydrogen-bond acceptors (Lipinski definition) is 3. The average molecular weight is 310 g/mol. The summed E-state index contributed by atoms with van der Waals surface area (Å²) in [6.07, 6.45) is 4.23. The van der Waals surface area contributed by atoms with Crippen LogP contribution < -0.4 is 5.32 Å². The molecule has 0 unspecified atom stereocenters. The van der Waals surface area contributed by atoms with Gasteiger partial charge in [0.05, 0.1) is 12.1 Å². The molecule has 2 aromatic rings. The molecule has 0 bridgehead atoms. The van der Waals surface area contributed by atoms with E-state index in [1.54, 1.807) is 6.07 Å². The SMILES string of the molecule is O=C(O)c1nc(CNC2CC2)n2cc(Br)ccc12. The number of hydrogen-bond donors (Lipinski definition) is 2. The summed E-state index contributed by atoms with van der Waals surface area (Å²) < 4.78 is 2.72. The molecule has 0 amide bonds. The number of fused-ring (bicyclic) bond motifs is 1. The first kappa shape index (κ1) is 11.7. The van der Waals surface area contributed by atoms with Crippen molar-refractivity contribution in [3.05, 3.63) is 34.3 Å². The van der Waals surface area contributed by atoms with Crippen molar-refractivity contribution in [3.63, 3.8) is 0 Å². The number of imidazole rings is 1. The van der Waals surface area contributed by atoms with Gasteiger partial charge in [-0.05, 0) is 40.9 Å². The summed E-state index contributed by atoms with van der Waals surface area (Å²) in [4.78, 5) is 15.4. The van der Waals surface area contributed by atoms with Crippen LogP contribution in [0.5, 0.6) is 0 Å². The fraction of sp³-hybridized carbons (Fsp3) is 0.333. The van der Waals surface area contributed by atoms with E-state index < -0.39 is 5.97 Å². The largest absolute Gasteiger partial charge is 0.476 e. The van der Waals surface area contributed by atoms with Crippen LogP contribution in [0.15, 0.2) is 22.8 Å². The summed E-state index contributed by atoms with van der Waals surface area (Å²) in [5.41, 5.74) is 0.730. The van der Waals surface area contributed by atoms with Gasteiger partial charge in [0, 0.05) is 16.7 Å². The number of carbonyl (C=O) groups is 1. The van der Waals surface area contributed by atoms with E-state index in [1.807, 2.05) is 16.7 Å². The molecule has 0 spiro atoms. The summed E-state index contributed by atoms with van der Waals surface area (Å²) in [6.45, 7) is 0.593. The highest BCUT2D eigenvalue weighted by atomic mass is 79.9. The van der Waals surface area contributed by atoms with Crippen molar-refractivity contribution < 1.29 is 9.90 Å². The molecule has 0 aliphatic heterocycles. The Morgan fingerprint density at radius 3 is 3.00 bits per heavy atom. The second-order valence-corrected chi connectivity index (χ2v) is 5.36. The molecule has 1 aliphatic carbocycles. The Hall–Kier alpha value is -1.40. The maximum absolute atomic E-state index is 11.2. The Morgan fingerprint density at radius 1 is 1.56 bits per heavy atom. The van der Waals surface area contributed by atoms with Crippen LogP contribution >= 0.6 is 15.9 Å². The lowest BCUT2D eigenvalue weighted by molar-refractivity contribution is 0.0693. The van der Waals surface area contributed by atoms with E-state index in [4.69, 9.17) is 5.11 Å². The second kappa shape index (κ2) is 4.37. The fourth-order valence-electron chi connectivity index (χ4n) is 1.93. The van der Waals surface area contributed by atoms with E-state index in [1.165, 1.54) is 12.8 Å². The van der Waals surface area contributed by atoms with Crippen LogP contribution in [-0.2, 0) is 6.54 Å². The van der Waals surface area contributed by atoms with Crippen molar-refractivity contribution in [2.75, 3.05) is 0 Å². The Morgan fingerprint density at radius 2 is 2.33 bits per heavy atom. The number of rotatable bonds is 4. The molecule has 18 heavy (non-hydrogen) atoms. The van der Waals surface area contributed by atoms with Crippen molar-refractivity contribution >= 4 is 27.4 Å². The van der Waals surface area contributed by atoms with Crippen LogP contribution in [0.25, 0.3) is 5.52 Å². The minimum Gasteiger partial charge on any atom is -0.476 e. The summed E-state index contributed by atoms with van der Waals surface area (Å²) in [5, 5.41) is 12.5. The van der Waals surface area contributed by atoms with Gasteiger partial charge in [0.1, 0.15) is 5.82 Å². The topological polar surface area (TPSA) is 66.6 Å². The van der Waals surface area contributed by atoms with Crippen LogP contribution in [0.3, 0.4) is 0 Å². The quantitative estimate of drug-likeness (QED) is 0.907. The molecule has 2 aromatic heterocycles. The van der Waals surface area contributed by atoms with E-state index in [0.717, 1.165) is 10.3 Å². The van der Waals surface area contributed by atoms with Gasteiger partial charge in [0.25, 0.3) is 0 Å². The molecule has 0 saturated heterocycles. The molecule has 2 heterocycles. The monoisotopic (exact) mass is 309 g/mol. The number of nitrogens with zero attached hydrogens (tertiary/aromatic N) is 2. The first-order valence-electron chi connectivity index (χ1n) is 5.78. The minimum absolute atomic E-state index is 0.107. The molecule has 1 fully saturated rings. The van der Waals surface area contributed by atoms with Gasteiger partial charge in [0.15, 0.2) is 5.69 Å². The highest BCUT2D eigenvalue weighted by Crippen LogP contribution is 2.21. The maximum Gasteiger partial charge on any atom is 0.356 e. The lowest BCUT2D eigenvalue weighted by atomic mass is 10.3. The fourth-order valence-corrected chi connectivity index (χ4v) is 2.26. The van der Waals surface area contributed by atoms with E-state index >= 15 is 0 Å². The van der Waals surface area contributed by atoms with Gasteiger partial charge >= 0.3 is 5.97 Å². The van der Waals surface area contributed by atoms with Crippen molar-refractivity contribution in [2.45, 2.75) is 25.4 Å². The third-order valence-electron chi connectivity index (χ3n) is 3.00. The van der Waals surface area contributed by atoms with Gasteiger partial charge < -0.3 is 14.8 Å². The number of carboxylic acid groups (broad SMARTS) is 1. The molecule has 1 aliphatic rings. The first-order chi connectivity index (χ1) is 8.65. The smallest absolute Gasteiger partial charge is 0.356 e. The van der Waals surface area contributed by atoms with Gasteiger partial charge in [-0.3, -0.25) is 0 Å². The molecule has 1 saturated carbocycles. The number of nitrogens with one attached hydrogen (secondary N) is 1. The van der Waals surface area contributed by atoms with Crippen molar-refractivity contribution in [1.82, 2.24) is 14.7 Å². The van der Waals surface area contributed by atoms with E-state index in [-0.39, 0.29) is 5.69 Å². The number of aromatic nitrogens is 2. The third kappa shape index (κ3) is 2.13. The highest BCUT2D eigenvalue weighted by Gasteiger charge is 2.22. The van der Waals surface area contributed by atoms with E-state index in [9.17, 15) is 4.79 Å². The summed E-state index contributed by atoms with van der Waals surface area (Å²) in [5.74, 6) is -0.261. The zero-order valence-electron chi connectivity index (χ0n) is 9.56. The van der Waals surface area contributed by atoms with Crippen LogP contribution in [0.4, 0.5) is 0 Å². The van der Waals surface area contributed by atoms with Crippen LogP contribution in [0.2, 0.25) is 0 Å². The van der Waals surface area contributed by atoms with Gasteiger partial charge in [-0.1, -0.05) is 0 Å². The van der Waals surface area contributed by atoms with E-state index in [0.29, 0.717) is 18.1 Å². The number of aromatic carboxylic acids is 1. The third-order valence-corrected chi connectivity index (χ3v) is 3.47. The lowest BCUT2D eigenvalue weighted by Crippen LogP contribution is -2.17. The molecule has 2 N–H and O–H groups in total. The van der Waals surface area contributed by atoms with Crippen molar-refractivity contribution in [3.8, 4) is 0 Å². The molecule has 6 heteroatoms. The highest BCUT2D eigenvalue weighted by molar-refractivity contribution is 9.10. The van der Waals surface area contributed by atoms with Gasteiger partial charge in [-0.2, -0.15) is 0 Å². The second-order valence-electron chi connectivity index (χ2n) is 4.44. The predicted molar refractivity (Wildman–Crippen MR) is 69.7 cm³/mol. The normalized spacial score (nSPS) is 15.2. The summed E-state index contributed by atoms with van der Waals surface area (Å²) in [7, 11) is 0. The minimum atomic E-state index is -0.993. The standard InChI is InChI=1S/C12H12BrN3O2/c13-7-1-4-9-11(12(17)18)15-10(16(9)6-7)5-14-8-2-3-8/h1,4,6,8,14H,2-3,5H2,(H,17,18). The Bertz CT molecular complexity index is 619. The Kier molecular flexibility index (Phi) is 2.83. The van der Waals surface area contributed by atoms with Crippen molar-refractivity contribution in [2.24, 2.45) is 0 Å². The number of pyridine rings is 1. The number of halogens is 1. The van der Waals surface area contributed by atoms with E-state index in [2.05, 4.69) is 26.2 Å². The lowest BCUT2D eigenvalue weighted by Gasteiger charge is -2.02. The molecule has 0 aromatic carbocycles. The van der Waals surface area contributed by atoms with Crippen LogP contribution in [-0.4, -0.2) is 26.5 Å². The molecule has 0 atom stereocenters. The Labute approximate surface area is 112 Å². The predicted octanol–water partition coefficient (Wildman–Crippen LogP) is 2.05. The molecule has 5 nitrogen and oxygen atoms in total. The Balaban J connectivity index is 2.04. The molecular weight excluding hydrogens is 298 g/mol. The first-order valence-corrected chi connectivity index (χ1v) is 6.57. The zero-order valence-corrected chi connectivity index (χ0v) is 11.1. The van der Waals surface area contributed by atoms with Gasteiger partial charge in [-0.25, -0.2) is 9.78 Å². The molecule has 3 rings (SSSR count). The van der Waals surface area contributed by atoms with Crippen LogP contribution in [0.1, 0.15) is 29.2 Å². The van der Waals surface area contributed by atoms with Gasteiger partial charge in [-0.15, -0.1) is 0 Å². The molecular formula is C12H12BrN3O2. The van der Waals surface area contributed by atoms with Gasteiger partial charge in [0.2, 0.25) is 0 Å². The zero-order chi connectivity index (χ0) is 12.7. The molecule has 94 valence electrons. The summed E-state index contributed by atoms with van der Waals surface area (Å²) in [6, 6.07) is 4.15. The maximum atomic E-state index is 11.2.